The van der Waals surface area contributed by atoms with Crippen LogP contribution in [0.4, 0.5) is 4.79 Å². The summed E-state index contributed by atoms with van der Waals surface area (Å²) in [5, 5.41) is 2.54. The second-order valence-electron chi connectivity index (χ2n) is 8.38. The minimum Gasteiger partial charge on any atom is -0.461 e. The number of benzene rings is 2. The van der Waals surface area contributed by atoms with Gasteiger partial charge in [0.15, 0.2) is 0 Å². The molecule has 0 aromatic heterocycles. The van der Waals surface area contributed by atoms with Crippen molar-refractivity contribution in [1.29, 1.82) is 0 Å². The fourth-order valence-electron chi connectivity index (χ4n) is 2.64. The third-order valence-electron chi connectivity index (χ3n) is 3.93. The zero-order valence-electron chi connectivity index (χ0n) is 18.8. The van der Waals surface area contributed by atoms with Gasteiger partial charge in [0, 0.05) is 6.42 Å². The second-order valence-corrected chi connectivity index (χ2v) is 9.93. The van der Waals surface area contributed by atoms with Crippen LogP contribution in [0.1, 0.15) is 40.2 Å². The standard InChI is InChI=1S/C23H29NO7S/c1-16(2)29-21(25)20(24-22(26)30-23(3,4)5)15-17-11-13-18(14-12-17)31-32(27,28)19-9-7-6-8-10-19/h6-14,16,20H,15H2,1-5H3,(H,24,26). The number of carbonyl (C=O) groups excluding carboxylic acids is 2. The van der Waals surface area contributed by atoms with Crippen molar-refractivity contribution in [3.8, 4) is 5.75 Å². The number of amides is 1. The van der Waals surface area contributed by atoms with E-state index in [0.29, 0.717) is 5.56 Å². The molecule has 2 aromatic rings. The van der Waals surface area contributed by atoms with Crippen LogP contribution in [0.5, 0.6) is 5.75 Å². The van der Waals surface area contributed by atoms with Gasteiger partial charge in [-0.2, -0.15) is 8.42 Å². The minimum atomic E-state index is -3.96. The molecule has 0 bridgehead atoms. The molecular formula is C23H29NO7S. The van der Waals surface area contributed by atoms with Crippen molar-refractivity contribution < 1.29 is 31.7 Å². The maximum absolute atomic E-state index is 12.5. The van der Waals surface area contributed by atoms with Crippen LogP contribution in [0.3, 0.4) is 0 Å². The summed E-state index contributed by atoms with van der Waals surface area (Å²) in [6.07, 6.45) is -0.974. The first-order valence-corrected chi connectivity index (χ1v) is 11.5. The first-order valence-electron chi connectivity index (χ1n) is 10.1. The molecule has 0 aliphatic heterocycles. The average molecular weight is 464 g/mol. The Labute approximate surface area is 189 Å². The van der Waals surface area contributed by atoms with Crippen molar-refractivity contribution >= 4 is 22.2 Å². The Morgan fingerprint density at radius 2 is 1.56 bits per heavy atom. The topological polar surface area (TPSA) is 108 Å². The summed E-state index contributed by atoms with van der Waals surface area (Å²) < 4.78 is 40.3. The summed E-state index contributed by atoms with van der Waals surface area (Å²) in [6, 6.07) is 13.0. The summed E-state index contributed by atoms with van der Waals surface area (Å²) in [7, 11) is -3.96. The van der Waals surface area contributed by atoms with E-state index in [2.05, 4.69) is 5.32 Å². The van der Waals surface area contributed by atoms with Crippen LogP contribution >= 0.6 is 0 Å². The lowest BCUT2D eigenvalue weighted by Crippen LogP contribution is -2.46. The molecule has 0 radical (unpaired) electrons. The van der Waals surface area contributed by atoms with Crippen LogP contribution in [0.15, 0.2) is 59.5 Å². The smallest absolute Gasteiger partial charge is 0.408 e. The summed E-state index contributed by atoms with van der Waals surface area (Å²) in [5.74, 6) is -0.475. The van der Waals surface area contributed by atoms with Gasteiger partial charge < -0.3 is 19.0 Å². The van der Waals surface area contributed by atoms with Gasteiger partial charge >= 0.3 is 22.2 Å². The maximum Gasteiger partial charge on any atom is 0.408 e. The SMILES string of the molecule is CC(C)OC(=O)C(Cc1ccc(OS(=O)(=O)c2ccccc2)cc1)NC(=O)OC(C)(C)C. The first-order chi connectivity index (χ1) is 14.9. The van der Waals surface area contributed by atoms with Crippen LogP contribution in [0.25, 0.3) is 0 Å². The lowest BCUT2D eigenvalue weighted by molar-refractivity contribution is -0.149. The van der Waals surface area contributed by atoms with Gasteiger partial charge in [-0.25, -0.2) is 9.59 Å². The van der Waals surface area contributed by atoms with Crippen LogP contribution < -0.4 is 9.50 Å². The Morgan fingerprint density at radius 1 is 0.969 bits per heavy atom. The van der Waals surface area contributed by atoms with E-state index in [1.54, 1.807) is 65.0 Å². The van der Waals surface area contributed by atoms with Crippen LogP contribution in [0.2, 0.25) is 0 Å². The van der Waals surface area contributed by atoms with Crippen LogP contribution in [0, 0.1) is 0 Å². The number of ether oxygens (including phenoxy) is 2. The molecule has 0 fully saturated rings. The van der Waals surface area contributed by atoms with Gasteiger partial charge in [-0.1, -0.05) is 30.3 Å². The van der Waals surface area contributed by atoms with E-state index >= 15 is 0 Å². The summed E-state index contributed by atoms with van der Waals surface area (Å²) in [5.41, 5.74) is -0.0592. The van der Waals surface area contributed by atoms with E-state index in [9.17, 15) is 18.0 Å². The average Bonchev–Trinajstić information content (AvgIpc) is 2.67. The molecule has 1 N–H and O–H groups in total. The Bertz CT molecular complexity index is 1010. The summed E-state index contributed by atoms with van der Waals surface area (Å²) >= 11 is 0. The van der Waals surface area contributed by atoms with Crippen molar-refractivity contribution in [3.05, 3.63) is 60.2 Å². The van der Waals surface area contributed by atoms with Crippen molar-refractivity contribution in [2.24, 2.45) is 0 Å². The summed E-state index contributed by atoms with van der Waals surface area (Å²) in [4.78, 5) is 24.7. The third-order valence-corrected chi connectivity index (χ3v) is 5.19. The highest BCUT2D eigenvalue weighted by molar-refractivity contribution is 7.87. The molecule has 0 heterocycles. The number of nitrogens with one attached hydrogen (secondary N) is 1. The number of esters is 1. The maximum atomic E-state index is 12.5. The fraction of sp³-hybridized carbons (Fsp3) is 0.391. The minimum absolute atomic E-state index is 0.0436. The molecule has 174 valence electrons. The molecular weight excluding hydrogens is 434 g/mol. The predicted molar refractivity (Wildman–Crippen MR) is 119 cm³/mol. The molecule has 2 rings (SSSR count). The van der Waals surface area contributed by atoms with Gasteiger partial charge in [0.05, 0.1) is 6.10 Å². The predicted octanol–water partition coefficient (Wildman–Crippen LogP) is 3.84. The monoisotopic (exact) mass is 463 g/mol. The highest BCUT2D eigenvalue weighted by Gasteiger charge is 2.26. The molecule has 8 nitrogen and oxygen atoms in total. The highest BCUT2D eigenvalue weighted by atomic mass is 32.2. The van der Waals surface area contributed by atoms with Crippen molar-refractivity contribution in [3.63, 3.8) is 0 Å². The largest absolute Gasteiger partial charge is 0.461 e. The van der Waals surface area contributed by atoms with E-state index in [4.69, 9.17) is 13.7 Å². The Morgan fingerprint density at radius 3 is 2.09 bits per heavy atom. The van der Waals surface area contributed by atoms with E-state index in [1.165, 1.54) is 24.3 Å². The Hall–Kier alpha value is -3.07. The van der Waals surface area contributed by atoms with Crippen LogP contribution in [-0.2, 0) is 30.8 Å². The first kappa shape index (κ1) is 25.2. The number of alkyl carbamates (subject to hydrolysis) is 1. The van der Waals surface area contributed by atoms with Gasteiger partial charge in [-0.15, -0.1) is 0 Å². The fourth-order valence-corrected chi connectivity index (χ4v) is 3.59. The molecule has 32 heavy (non-hydrogen) atoms. The molecule has 9 heteroatoms. The molecule has 1 unspecified atom stereocenters. The molecule has 0 aliphatic rings. The number of rotatable bonds is 8. The van der Waals surface area contributed by atoms with Gasteiger partial charge in [0.25, 0.3) is 0 Å². The summed E-state index contributed by atoms with van der Waals surface area (Å²) in [6.45, 7) is 8.58. The van der Waals surface area contributed by atoms with Gasteiger partial charge in [0.2, 0.25) is 0 Å². The van der Waals surface area contributed by atoms with Crippen molar-refractivity contribution in [2.75, 3.05) is 0 Å². The van der Waals surface area contributed by atoms with Gasteiger partial charge in [-0.05, 0) is 64.4 Å². The second kappa shape index (κ2) is 10.5. The highest BCUT2D eigenvalue weighted by Crippen LogP contribution is 2.20. The Kier molecular flexibility index (Phi) is 8.26. The van der Waals surface area contributed by atoms with Crippen molar-refractivity contribution in [2.45, 2.75) is 63.7 Å². The zero-order chi connectivity index (χ0) is 23.9. The molecule has 0 aliphatic carbocycles. The third kappa shape index (κ3) is 8.22. The molecule has 2 aromatic carbocycles. The molecule has 0 saturated carbocycles. The van der Waals surface area contributed by atoms with E-state index in [0.717, 1.165) is 0 Å². The van der Waals surface area contributed by atoms with E-state index in [-0.39, 0.29) is 23.2 Å². The lowest BCUT2D eigenvalue weighted by Gasteiger charge is -2.23. The Balaban J connectivity index is 2.12. The van der Waals surface area contributed by atoms with Crippen molar-refractivity contribution in [1.82, 2.24) is 5.32 Å². The van der Waals surface area contributed by atoms with E-state index < -0.39 is 33.8 Å². The normalized spacial score (nSPS) is 12.7. The molecule has 1 atom stereocenters. The number of hydrogen-bond acceptors (Lipinski definition) is 7. The molecule has 0 saturated heterocycles. The molecule has 1 amide bonds. The van der Waals surface area contributed by atoms with Gasteiger partial charge in [-0.3, -0.25) is 0 Å². The lowest BCUT2D eigenvalue weighted by atomic mass is 10.1. The number of carbonyl (C=O) groups is 2. The van der Waals surface area contributed by atoms with E-state index in [1.807, 2.05) is 0 Å². The number of hydrogen-bond donors (Lipinski definition) is 1. The quantitative estimate of drug-likeness (QED) is 0.468. The zero-order valence-corrected chi connectivity index (χ0v) is 19.6. The molecule has 0 spiro atoms. The van der Waals surface area contributed by atoms with Gasteiger partial charge in [0.1, 0.15) is 22.3 Å². The van der Waals surface area contributed by atoms with Crippen LogP contribution in [-0.4, -0.2) is 38.2 Å².